The molecule has 1 fully saturated rings. The Kier molecular flexibility index (Phi) is 3.22. The largest absolute Gasteiger partial charge is 0.388 e. The van der Waals surface area contributed by atoms with Crippen LogP contribution in [0.25, 0.3) is 10.9 Å². The van der Waals surface area contributed by atoms with Gasteiger partial charge in [-0.25, -0.2) is 4.98 Å². The van der Waals surface area contributed by atoms with E-state index >= 15 is 0 Å². The fourth-order valence-electron chi connectivity index (χ4n) is 3.08. The highest BCUT2D eigenvalue weighted by Gasteiger charge is 2.32. The van der Waals surface area contributed by atoms with Gasteiger partial charge in [-0.05, 0) is 25.0 Å². The van der Waals surface area contributed by atoms with Gasteiger partial charge in [0.05, 0.1) is 11.1 Å². The molecule has 5 heteroatoms. The van der Waals surface area contributed by atoms with Crippen molar-refractivity contribution in [1.82, 2.24) is 9.97 Å². The van der Waals surface area contributed by atoms with Gasteiger partial charge >= 0.3 is 0 Å². The Labute approximate surface area is 118 Å². The first-order chi connectivity index (χ1) is 9.57. The van der Waals surface area contributed by atoms with Crippen LogP contribution in [-0.2, 0) is 0 Å². The Morgan fingerprint density at radius 2 is 1.95 bits per heavy atom. The highest BCUT2D eigenvalue weighted by molar-refractivity contribution is 5.90. The van der Waals surface area contributed by atoms with E-state index in [0.29, 0.717) is 6.54 Å². The van der Waals surface area contributed by atoms with Crippen LogP contribution in [0.15, 0.2) is 24.3 Å². The molecule has 106 valence electrons. The van der Waals surface area contributed by atoms with E-state index in [4.69, 9.17) is 5.73 Å². The lowest BCUT2D eigenvalue weighted by Crippen LogP contribution is -2.39. The third-order valence-corrected chi connectivity index (χ3v) is 4.03. The number of hydrogen-bond acceptors (Lipinski definition) is 5. The van der Waals surface area contributed by atoms with Crippen LogP contribution in [0.4, 0.5) is 11.8 Å². The zero-order valence-electron chi connectivity index (χ0n) is 11.7. The minimum atomic E-state index is -0.602. The monoisotopic (exact) mass is 272 g/mol. The van der Waals surface area contributed by atoms with Gasteiger partial charge in [0, 0.05) is 19.0 Å². The number of fused-ring (bicyclic) bond motifs is 1. The van der Waals surface area contributed by atoms with Gasteiger partial charge < -0.3 is 15.7 Å². The standard InChI is InChI=1S/C15H20N4O/c1-19(10-15(20)8-4-5-9-15)13-11-6-2-3-7-12(11)17-14(16)18-13/h2-3,6-7,20H,4-5,8-10H2,1H3,(H2,16,17,18). The Morgan fingerprint density at radius 1 is 1.25 bits per heavy atom. The molecule has 20 heavy (non-hydrogen) atoms. The molecular weight excluding hydrogens is 252 g/mol. The number of para-hydroxylation sites is 1. The average Bonchev–Trinajstić information content (AvgIpc) is 2.84. The third-order valence-electron chi connectivity index (χ3n) is 4.03. The molecule has 5 nitrogen and oxygen atoms in total. The summed E-state index contributed by atoms with van der Waals surface area (Å²) in [6, 6.07) is 7.81. The maximum absolute atomic E-state index is 10.5. The lowest BCUT2D eigenvalue weighted by atomic mass is 10.0. The number of aliphatic hydroxyl groups is 1. The number of anilines is 2. The van der Waals surface area contributed by atoms with Crippen molar-refractivity contribution in [3.63, 3.8) is 0 Å². The highest BCUT2D eigenvalue weighted by atomic mass is 16.3. The molecule has 1 aliphatic rings. The third kappa shape index (κ3) is 2.41. The Hall–Kier alpha value is -1.88. The van der Waals surface area contributed by atoms with E-state index in [0.717, 1.165) is 42.4 Å². The van der Waals surface area contributed by atoms with Crippen molar-refractivity contribution >= 4 is 22.7 Å². The van der Waals surface area contributed by atoms with Crippen LogP contribution in [0.5, 0.6) is 0 Å². The quantitative estimate of drug-likeness (QED) is 0.893. The molecule has 0 radical (unpaired) electrons. The predicted molar refractivity (Wildman–Crippen MR) is 80.6 cm³/mol. The van der Waals surface area contributed by atoms with E-state index < -0.39 is 5.60 Å². The molecule has 3 N–H and O–H groups in total. The number of aromatic nitrogens is 2. The van der Waals surface area contributed by atoms with Crippen molar-refractivity contribution in [2.75, 3.05) is 24.2 Å². The van der Waals surface area contributed by atoms with E-state index in [-0.39, 0.29) is 5.95 Å². The minimum absolute atomic E-state index is 0.268. The SMILES string of the molecule is CN(CC1(O)CCCC1)c1nc(N)nc2ccccc12. The lowest BCUT2D eigenvalue weighted by molar-refractivity contribution is 0.0558. The number of nitrogen functional groups attached to an aromatic ring is 1. The van der Waals surface area contributed by atoms with Crippen LogP contribution in [-0.4, -0.2) is 34.3 Å². The molecule has 0 spiro atoms. The van der Waals surface area contributed by atoms with Crippen molar-refractivity contribution < 1.29 is 5.11 Å². The summed E-state index contributed by atoms with van der Waals surface area (Å²) in [4.78, 5) is 10.6. The van der Waals surface area contributed by atoms with E-state index in [1.54, 1.807) is 0 Å². The van der Waals surface area contributed by atoms with Crippen molar-refractivity contribution in [2.45, 2.75) is 31.3 Å². The average molecular weight is 272 g/mol. The second kappa shape index (κ2) is 4.90. The smallest absolute Gasteiger partial charge is 0.222 e. The lowest BCUT2D eigenvalue weighted by Gasteiger charge is -2.29. The topological polar surface area (TPSA) is 75.3 Å². The molecule has 1 saturated carbocycles. The van der Waals surface area contributed by atoms with Crippen LogP contribution < -0.4 is 10.6 Å². The molecule has 0 amide bonds. The van der Waals surface area contributed by atoms with Crippen molar-refractivity contribution in [2.24, 2.45) is 0 Å². The first kappa shape index (κ1) is 13.1. The molecule has 0 aliphatic heterocycles. The van der Waals surface area contributed by atoms with Crippen LogP contribution in [0.3, 0.4) is 0 Å². The summed E-state index contributed by atoms with van der Waals surface area (Å²) in [5.41, 5.74) is 6.02. The second-order valence-corrected chi connectivity index (χ2v) is 5.71. The Bertz CT molecular complexity index is 622. The van der Waals surface area contributed by atoms with Crippen LogP contribution >= 0.6 is 0 Å². The van der Waals surface area contributed by atoms with Gasteiger partial charge in [0.2, 0.25) is 5.95 Å². The van der Waals surface area contributed by atoms with Gasteiger partial charge in [-0.1, -0.05) is 25.0 Å². The molecule has 1 aromatic heterocycles. The maximum Gasteiger partial charge on any atom is 0.222 e. The van der Waals surface area contributed by atoms with E-state index in [1.165, 1.54) is 0 Å². The van der Waals surface area contributed by atoms with Crippen LogP contribution in [0, 0.1) is 0 Å². The van der Waals surface area contributed by atoms with E-state index in [2.05, 4.69) is 9.97 Å². The molecular formula is C15H20N4O. The van der Waals surface area contributed by atoms with Gasteiger partial charge in [-0.15, -0.1) is 0 Å². The number of hydrogen-bond donors (Lipinski definition) is 2. The highest BCUT2D eigenvalue weighted by Crippen LogP contribution is 2.32. The zero-order valence-corrected chi connectivity index (χ0v) is 11.7. The summed E-state index contributed by atoms with van der Waals surface area (Å²) in [7, 11) is 1.95. The number of likely N-dealkylation sites (N-methyl/N-ethyl adjacent to an activating group) is 1. The van der Waals surface area contributed by atoms with Crippen molar-refractivity contribution in [3.8, 4) is 0 Å². The van der Waals surface area contributed by atoms with Crippen molar-refractivity contribution in [1.29, 1.82) is 0 Å². The summed E-state index contributed by atoms with van der Waals surface area (Å²) in [5.74, 6) is 1.05. The summed E-state index contributed by atoms with van der Waals surface area (Å²) in [5, 5.41) is 11.5. The molecule has 1 aromatic carbocycles. The summed E-state index contributed by atoms with van der Waals surface area (Å²) >= 11 is 0. The molecule has 0 unspecified atom stereocenters. The molecule has 3 rings (SSSR count). The molecule has 2 aromatic rings. The number of nitrogens with zero attached hydrogens (tertiary/aromatic N) is 3. The Balaban J connectivity index is 1.96. The van der Waals surface area contributed by atoms with Gasteiger partial charge in [0.25, 0.3) is 0 Å². The normalized spacial score (nSPS) is 17.5. The summed E-state index contributed by atoms with van der Waals surface area (Å²) in [6.07, 6.45) is 3.90. The fourth-order valence-corrected chi connectivity index (χ4v) is 3.08. The molecule has 0 bridgehead atoms. The number of benzene rings is 1. The van der Waals surface area contributed by atoms with Crippen molar-refractivity contribution in [3.05, 3.63) is 24.3 Å². The molecule has 1 heterocycles. The van der Waals surface area contributed by atoms with Gasteiger partial charge in [0.15, 0.2) is 0 Å². The van der Waals surface area contributed by atoms with Gasteiger partial charge in [-0.3, -0.25) is 0 Å². The van der Waals surface area contributed by atoms with E-state index in [9.17, 15) is 5.11 Å². The predicted octanol–water partition coefficient (Wildman–Crippen LogP) is 1.95. The fraction of sp³-hybridized carbons (Fsp3) is 0.467. The molecule has 0 saturated heterocycles. The van der Waals surface area contributed by atoms with Gasteiger partial charge in [-0.2, -0.15) is 4.98 Å². The molecule has 0 atom stereocenters. The summed E-state index contributed by atoms with van der Waals surface area (Å²) in [6.45, 7) is 0.577. The van der Waals surface area contributed by atoms with Gasteiger partial charge in [0.1, 0.15) is 5.82 Å². The maximum atomic E-state index is 10.5. The van der Waals surface area contributed by atoms with E-state index in [1.807, 2.05) is 36.2 Å². The molecule has 1 aliphatic carbocycles. The zero-order chi connectivity index (χ0) is 14.2. The minimum Gasteiger partial charge on any atom is -0.388 e. The number of nitrogens with two attached hydrogens (primary N) is 1. The number of rotatable bonds is 3. The first-order valence-electron chi connectivity index (χ1n) is 7.03. The first-order valence-corrected chi connectivity index (χ1v) is 7.03. The van der Waals surface area contributed by atoms with Crippen LogP contribution in [0.1, 0.15) is 25.7 Å². The second-order valence-electron chi connectivity index (χ2n) is 5.71. The summed E-state index contributed by atoms with van der Waals surface area (Å²) < 4.78 is 0. The van der Waals surface area contributed by atoms with Crippen LogP contribution in [0.2, 0.25) is 0 Å². The Morgan fingerprint density at radius 3 is 2.70 bits per heavy atom.